The molecule has 1 atom stereocenters. The van der Waals surface area contributed by atoms with Crippen molar-refractivity contribution in [3.63, 3.8) is 0 Å². The number of nitrogens with zero attached hydrogens (tertiary/aromatic N) is 1. The SMILES string of the molecule is c1cc(-c2cnc(CC3CNCCO3)[nH]2)c[nH]1. The smallest absolute Gasteiger partial charge is 0.109 e. The molecule has 3 heterocycles. The van der Waals surface area contributed by atoms with Crippen molar-refractivity contribution in [2.75, 3.05) is 19.7 Å². The van der Waals surface area contributed by atoms with Crippen molar-refractivity contribution in [3.8, 4) is 11.3 Å². The zero-order chi connectivity index (χ0) is 11.5. The number of aromatic amines is 2. The summed E-state index contributed by atoms with van der Waals surface area (Å²) in [6.07, 6.45) is 6.79. The highest BCUT2D eigenvalue weighted by Gasteiger charge is 2.15. The van der Waals surface area contributed by atoms with Gasteiger partial charge < -0.3 is 20.0 Å². The number of rotatable bonds is 3. The van der Waals surface area contributed by atoms with Gasteiger partial charge >= 0.3 is 0 Å². The van der Waals surface area contributed by atoms with Crippen LogP contribution >= 0.6 is 0 Å². The van der Waals surface area contributed by atoms with Crippen molar-refractivity contribution < 1.29 is 4.74 Å². The number of nitrogens with one attached hydrogen (secondary N) is 3. The Morgan fingerprint density at radius 3 is 3.24 bits per heavy atom. The number of imidazole rings is 1. The summed E-state index contributed by atoms with van der Waals surface area (Å²) < 4.78 is 5.65. The molecule has 5 heteroatoms. The Morgan fingerprint density at radius 2 is 2.47 bits per heavy atom. The van der Waals surface area contributed by atoms with Gasteiger partial charge in [-0.05, 0) is 6.07 Å². The van der Waals surface area contributed by atoms with Gasteiger partial charge in [0.05, 0.1) is 24.6 Å². The lowest BCUT2D eigenvalue weighted by Crippen LogP contribution is -2.39. The summed E-state index contributed by atoms with van der Waals surface area (Å²) in [6.45, 7) is 2.64. The lowest BCUT2D eigenvalue weighted by atomic mass is 10.2. The van der Waals surface area contributed by atoms with Gasteiger partial charge in [0, 0.05) is 37.5 Å². The van der Waals surface area contributed by atoms with Crippen LogP contribution < -0.4 is 5.32 Å². The third kappa shape index (κ3) is 2.40. The monoisotopic (exact) mass is 232 g/mol. The van der Waals surface area contributed by atoms with Gasteiger partial charge in [-0.25, -0.2) is 4.98 Å². The maximum Gasteiger partial charge on any atom is 0.109 e. The third-order valence-corrected chi connectivity index (χ3v) is 2.96. The van der Waals surface area contributed by atoms with E-state index in [0.717, 1.165) is 43.2 Å². The molecule has 1 fully saturated rings. The van der Waals surface area contributed by atoms with Gasteiger partial charge in [0.1, 0.15) is 5.82 Å². The first-order valence-corrected chi connectivity index (χ1v) is 5.91. The number of H-pyrrole nitrogens is 2. The number of ether oxygens (including phenoxy) is 1. The molecular formula is C12H16N4O. The van der Waals surface area contributed by atoms with E-state index in [1.54, 1.807) is 0 Å². The zero-order valence-electron chi connectivity index (χ0n) is 9.57. The second-order valence-corrected chi connectivity index (χ2v) is 4.24. The van der Waals surface area contributed by atoms with Crippen LogP contribution in [0.5, 0.6) is 0 Å². The second kappa shape index (κ2) is 4.73. The van der Waals surface area contributed by atoms with Gasteiger partial charge in [-0.2, -0.15) is 0 Å². The molecule has 0 saturated carbocycles. The minimum atomic E-state index is 0.231. The average molecular weight is 232 g/mol. The molecule has 1 saturated heterocycles. The molecule has 0 bridgehead atoms. The summed E-state index contributed by atoms with van der Waals surface area (Å²) in [5.74, 6) is 0.981. The van der Waals surface area contributed by atoms with Crippen LogP contribution in [-0.4, -0.2) is 40.8 Å². The fourth-order valence-electron chi connectivity index (χ4n) is 2.07. The van der Waals surface area contributed by atoms with E-state index in [1.165, 1.54) is 0 Å². The fourth-order valence-corrected chi connectivity index (χ4v) is 2.07. The van der Waals surface area contributed by atoms with Crippen molar-refractivity contribution in [2.45, 2.75) is 12.5 Å². The van der Waals surface area contributed by atoms with Gasteiger partial charge in [-0.1, -0.05) is 0 Å². The summed E-state index contributed by atoms with van der Waals surface area (Å²) >= 11 is 0. The molecule has 0 radical (unpaired) electrons. The van der Waals surface area contributed by atoms with E-state index in [9.17, 15) is 0 Å². The molecule has 90 valence electrons. The number of aromatic nitrogens is 3. The molecule has 2 aromatic rings. The van der Waals surface area contributed by atoms with Gasteiger partial charge in [0.15, 0.2) is 0 Å². The van der Waals surface area contributed by atoms with Crippen LogP contribution in [0, 0.1) is 0 Å². The fraction of sp³-hybridized carbons (Fsp3) is 0.417. The van der Waals surface area contributed by atoms with Crippen molar-refractivity contribution in [2.24, 2.45) is 0 Å². The Labute approximate surface area is 99.6 Å². The van der Waals surface area contributed by atoms with Gasteiger partial charge in [0.25, 0.3) is 0 Å². The van der Waals surface area contributed by atoms with Gasteiger partial charge in [-0.3, -0.25) is 0 Å². The van der Waals surface area contributed by atoms with Crippen LogP contribution in [0.25, 0.3) is 11.3 Å². The van der Waals surface area contributed by atoms with Crippen molar-refractivity contribution in [1.29, 1.82) is 0 Å². The average Bonchev–Trinajstić information content (AvgIpc) is 3.00. The highest BCUT2D eigenvalue weighted by atomic mass is 16.5. The standard InChI is InChI=1S/C12H16N4O/c1-2-13-6-9(1)11-8-15-12(16-11)5-10-7-14-3-4-17-10/h1-2,6,8,10,13-14H,3-5,7H2,(H,15,16). The van der Waals surface area contributed by atoms with E-state index < -0.39 is 0 Å². The molecule has 2 aromatic heterocycles. The summed E-state index contributed by atoms with van der Waals surface area (Å²) in [5, 5.41) is 3.32. The minimum Gasteiger partial charge on any atom is -0.375 e. The molecule has 0 aliphatic carbocycles. The molecule has 1 aliphatic heterocycles. The maximum atomic E-state index is 5.65. The molecule has 3 rings (SSSR count). The van der Waals surface area contributed by atoms with E-state index >= 15 is 0 Å². The molecule has 3 N–H and O–H groups in total. The predicted octanol–water partition coefficient (Wildman–Crippen LogP) is 0.936. The van der Waals surface area contributed by atoms with Crippen molar-refractivity contribution in [1.82, 2.24) is 20.3 Å². The highest BCUT2D eigenvalue weighted by molar-refractivity contribution is 5.57. The summed E-state index contributed by atoms with van der Waals surface area (Å²) in [5.41, 5.74) is 2.18. The molecule has 0 aromatic carbocycles. The molecule has 0 spiro atoms. The quantitative estimate of drug-likeness (QED) is 0.737. The van der Waals surface area contributed by atoms with Crippen molar-refractivity contribution >= 4 is 0 Å². The minimum absolute atomic E-state index is 0.231. The Bertz CT molecular complexity index is 457. The Hall–Kier alpha value is -1.59. The van der Waals surface area contributed by atoms with Gasteiger partial charge in [0.2, 0.25) is 0 Å². The first kappa shape index (κ1) is 10.6. The first-order chi connectivity index (χ1) is 8.42. The Kier molecular flexibility index (Phi) is 2.94. The topological polar surface area (TPSA) is 65.7 Å². The lowest BCUT2D eigenvalue weighted by Gasteiger charge is -2.22. The van der Waals surface area contributed by atoms with Crippen molar-refractivity contribution in [3.05, 3.63) is 30.5 Å². The zero-order valence-corrected chi connectivity index (χ0v) is 9.57. The molecule has 5 nitrogen and oxygen atoms in total. The van der Waals surface area contributed by atoms with E-state index in [2.05, 4.69) is 20.3 Å². The molecule has 0 amide bonds. The normalized spacial score (nSPS) is 20.6. The highest BCUT2D eigenvalue weighted by Crippen LogP contribution is 2.16. The van der Waals surface area contributed by atoms with Crippen LogP contribution in [0.15, 0.2) is 24.7 Å². The summed E-state index contributed by atoms with van der Waals surface area (Å²) in [7, 11) is 0. The van der Waals surface area contributed by atoms with E-state index in [4.69, 9.17) is 4.74 Å². The summed E-state index contributed by atoms with van der Waals surface area (Å²) in [4.78, 5) is 10.7. The number of hydrogen-bond donors (Lipinski definition) is 3. The Morgan fingerprint density at radius 1 is 1.47 bits per heavy atom. The number of morpholine rings is 1. The van der Waals surface area contributed by atoms with Crippen LogP contribution in [-0.2, 0) is 11.2 Å². The maximum absolute atomic E-state index is 5.65. The third-order valence-electron chi connectivity index (χ3n) is 2.96. The van der Waals surface area contributed by atoms with E-state index in [-0.39, 0.29) is 6.10 Å². The van der Waals surface area contributed by atoms with Crippen LogP contribution in [0.2, 0.25) is 0 Å². The summed E-state index contributed by atoms with van der Waals surface area (Å²) in [6, 6.07) is 2.02. The predicted molar refractivity (Wildman–Crippen MR) is 64.7 cm³/mol. The largest absolute Gasteiger partial charge is 0.375 e. The molecule has 1 unspecified atom stereocenters. The van der Waals surface area contributed by atoms with Crippen LogP contribution in [0.4, 0.5) is 0 Å². The number of hydrogen-bond acceptors (Lipinski definition) is 3. The van der Waals surface area contributed by atoms with Gasteiger partial charge in [-0.15, -0.1) is 0 Å². The first-order valence-electron chi connectivity index (χ1n) is 5.91. The Balaban J connectivity index is 1.68. The van der Waals surface area contributed by atoms with Crippen LogP contribution in [0.3, 0.4) is 0 Å². The molecular weight excluding hydrogens is 216 g/mol. The molecule has 17 heavy (non-hydrogen) atoms. The second-order valence-electron chi connectivity index (χ2n) is 4.24. The lowest BCUT2D eigenvalue weighted by molar-refractivity contribution is 0.0281. The van der Waals surface area contributed by atoms with Crippen LogP contribution in [0.1, 0.15) is 5.82 Å². The van der Waals surface area contributed by atoms with E-state index in [0.29, 0.717) is 0 Å². The van der Waals surface area contributed by atoms with E-state index in [1.807, 2.05) is 24.7 Å². The molecule has 1 aliphatic rings.